The highest BCUT2D eigenvalue weighted by atomic mass is 32.2. The Balaban J connectivity index is 2.10. The minimum Gasteiger partial charge on any atom is -0.328 e. The van der Waals surface area contributed by atoms with Crippen LogP contribution in [0.1, 0.15) is 0 Å². The molecular weight excluding hydrogens is 228 g/mol. The van der Waals surface area contributed by atoms with Crippen LogP contribution in [0.25, 0.3) is 11.0 Å². The van der Waals surface area contributed by atoms with Crippen molar-refractivity contribution in [1.82, 2.24) is 9.55 Å². The van der Waals surface area contributed by atoms with Gasteiger partial charge in [0.05, 0.1) is 30.2 Å². The van der Waals surface area contributed by atoms with Crippen molar-refractivity contribution in [2.45, 2.75) is 6.54 Å². The van der Waals surface area contributed by atoms with Crippen molar-refractivity contribution >= 4 is 21.2 Å². The molecule has 0 fully saturated rings. The fraction of sp³-hybridized carbons (Fsp3) is 0.300. The Labute approximate surface area is 93.8 Å². The Bertz CT molecular complexity index is 589. The van der Waals surface area contributed by atoms with E-state index in [0.29, 0.717) is 6.54 Å². The van der Waals surface area contributed by atoms with E-state index in [4.69, 9.17) is 0 Å². The molecule has 0 spiro atoms. The molecule has 1 aromatic heterocycles. The summed E-state index contributed by atoms with van der Waals surface area (Å²) in [6.45, 7) is 0.590. The Hall–Kier alpha value is -1.40. The van der Waals surface area contributed by atoms with E-state index in [0.717, 1.165) is 17.3 Å². The van der Waals surface area contributed by atoms with Gasteiger partial charge >= 0.3 is 0 Å². The summed E-state index contributed by atoms with van der Waals surface area (Å²) in [6, 6.07) is 7.66. The van der Waals surface area contributed by atoms with Crippen molar-refractivity contribution in [3.63, 3.8) is 0 Å². The van der Waals surface area contributed by atoms with Crippen molar-refractivity contribution < 1.29 is 12.6 Å². The molecule has 0 saturated carbocycles. The average molecular weight is 240 g/mol. The molecule has 16 heavy (non-hydrogen) atoms. The van der Waals surface area contributed by atoms with Gasteiger partial charge in [0.25, 0.3) is 10.1 Å². The van der Waals surface area contributed by atoms with Gasteiger partial charge in [-0.25, -0.2) is 4.98 Å². The zero-order valence-electron chi connectivity index (χ0n) is 8.83. The molecule has 86 valence electrons. The number of benzene rings is 1. The predicted octanol–water partition coefficient (Wildman–Crippen LogP) is 1.01. The maximum atomic E-state index is 10.8. The van der Waals surface area contributed by atoms with Crippen molar-refractivity contribution in [3.05, 3.63) is 30.6 Å². The maximum Gasteiger partial charge on any atom is 0.264 e. The number of fused-ring (bicyclic) bond motifs is 1. The lowest BCUT2D eigenvalue weighted by atomic mass is 10.3. The largest absolute Gasteiger partial charge is 0.328 e. The molecule has 6 heteroatoms. The molecule has 0 aliphatic heterocycles. The van der Waals surface area contributed by atoms with Gasteiger partial charge in [-0.05, 0) is 12.1 Å². The van der Waals surface area contributed by atoms with Crippen LogP contribution in [0.4, 0.5) is 0 Å². The van der Waals surface area contributed by atoms with Gasteiger partial charge in [0.2, 0.25) is 0 Å². The number of nitrogens with zero attached hydrogens (tertiary/aromatic N) is 2. The summed E-state index contributed by atoms with van der Waals surface area (Å²) < 4.78 is 28.1. The Morgan fingerprint density at radius 3 is 2.88 bits per heavy atom. The van der Waals surface area contributed by atoms with Crippen LogP contribution in [0.15, 0.2) is 30.6 Å². The summed E-state index contributed by atoms with van der Waals surface area (Å²) in [4.78, 5) is 4.19. The highest BCUT2D eigenvalue weighted by Gasteiger charge is 2.04. The van der Waals surface area contributed by atoms with Crippen LogP contribution in [-0.2, 0) is 20.8 Å². The second-order valence-corrected chi connectivity index (χ2v) is 5.10. The third-order valence-electron chi connectivity index (χ3n) is 2.16. The monoisotopic (exact) mass is 240 g/mol. The van der Waals surface area contributed by atoms with Crippen molar-refractivity contribution in [2.75, 3.05) is 12.9 Å². The van der Waals surface area contributed by atoms with Gasteiger partial charge < -0.3 is 4.57 Å². The van der Waals surface area contributed by atoms with Crippen LogP contribution in [0.3, 0.4) is 0 Å². The van der Waals surface area contributed by atoms with Crippen molar-refractivity contribution in [2.24, 2.45) is 0 Å². The molecule has 0 aliphatic carbocycles. The molecule has 0 atom stereocenters. The Morgan fingerprint density at radius 2 is 2.12 bits per heavy atom. The van der Waals surface area contributed by atoms with Gasteiger partial charge in [-0.2, -0.15) is 8.42 Å². The summed E-state index contributed by atoms with van der Waals surface area (Å²) in [5.74, 6) is 0. The van der Waals surface area contributed by atoms with E-state index in [9.17, 15) is 8.42 Å². The lowest BCUT2D eigenvalue weighted by Gasteiger charge is -2.03. The van der Waals surface area contributed by atoms with Crippen LogP contribution < -0.4 is 0 Å². The van der Waals surface area contributed by atoms with Crippen LogP contribution in [0.5, 0.6) is 0 Å². The topological polar surface area (TPSA) is 61.2 Å². The molecule has 1 aromatic carbocycles. The molecule has 0 N–H and O–H groups in total. The molecule has 2 rings (SSSR count). The van der Waals surface area contributed by atoms with E-state index in [1.165, 1.54) is 0 Å². The van der Waals surface area contributed by atoms with Crippen LogP contribution in [-0.4, -0.2) is 30.8 Å². The minimum absolute atomic E-state index is 0.124. The molecule has 1 heterocycles. The third kappa shape index (κ3) is 2.59. The van der Waals surface area contributed by atoms with Crippen LogP contribution in [0, 0.1) is 0 Å². The fourth-order valence-electron chi connectivity index (χ4n) is 1.48. The van der Waals surface area contributed by atoms with Gasteiger partial charge in [-0.1, -0.05) is 12.1 Å². The number of aromatic nitrogens is 2. The van der Waals surface area contributed by atoms with E-state index < -0.39 is 10.1 Å². The number of para-hydroxylation sites is 2. The van der Waals surface area contributed by atoms with Crippen LogP contribution in [0.2, 0.25) is 0 Å². The first-order valence-electron chi connectivity index (χ1n) is 4.80. The quantitative estimate of drug-likeness (QED) is 0.748. The summed E-state index contributed by atoms with van der Waals surface area (Å²) in [5, 5.41) is 0. The van der Waals surface area contributed by atoms with E-state index in [2.05, 4.69) is 9.17 Å². The maximum absolute atomic E-state index is 10.8. The number of imidazole rings is 1. The molecular formula is C10H12N2O3S. The predicted molar refractivity (Wildman–Crippen MR) is 60.5 cm³/mol. The van der Waals surface area contributed by atoms with E-state index in [1.54, 1.807) is 6.33 Å². The summed E-state index contributed by atoms with van der Waals surface area (Å²) in [7, 11) is -3.36. The summed E-state index contributed by atoms with van der Waals surface area (Å²) in [6.07, 6.45) is 2.72. The number of rotatable bonds is 4. The van der Waals surface area contributed by atoms with Crippen molar-refractivity contribution in [1.29, 1.82) is 0 Å². The van der Waals surface area contributed by atoms with E-state index in [1.807, 2.05) is 28.8 Å². The van der Waals surface area contributed by atoms with E-state index >= 15 is 0 Å². The third-order valence-corrected chi connectivity index (χ3v) is 2.75. The van der Waals surface area contributed by atoms with Gasteiger partial charge in [-0.15, -0.1) is 0 Å². The Morgan fingerprint density at radius 1 is 1.38 bits per heavy atom. The van der Waals surface area contributed by atoms with Gasteiger partial charge in [0, 0.05) is 6.54 Å². The first-order valence-corrected chi connectivity index (χ1v) is 6.62. The standard InChI is InChI=1S/C10H12N2O3S/c1-16(13,14)15-7-6-12-8-11-9-4-2-3-5-10(9)12/h2-5,8H,6-7H2,1H3. The molecule has 2 aromatic rings. The second-order valence-electron chi connectivity index (χ2n) is 3.45. The summed E-state index contributed by atoms with van der Waals surface area (Å²) >= 11 is 0. The molecule has 0 radical (unpaired) electrons. The van der Waals surface area contributed by atoms with Gasteiger partial charge in [-0.3, -0.25) is 4.18 Å². The summed E-state index contributed by atoms with van der Waals surface area (Å²) in [5.41, 5.74) is 1.86. The average Bonchev–Trinajstić information content (AvgIpc) is 2.60. The molecule has 0 bridgehead atoms. The second kappa shape index (κ2) is 4.23. The molecule has 5 nitrogen and oxygen atoms in total. The molecule has 0 amide bonds. The van der Waals surface area contributed by atoms with Gasteiger partial charge in [0.15, 0.2) is 0 Å². The van der Waals surface area contributed by atoms with Crippen molar-refractivity contribution in [3.8, 4) is 0 Å². The number of hydrogen-bond donors (Lipinski definition) is 0. The SMILES string of the molecule is CS(=O)(=O)OCCn1cnc2ccccc21. The van der Waals surface area contributed by atoms with Crippen LogP contribution >= 0.6 is 0 Å². The molecule has 0 saturated heterocycles. The van der Waals surface area contributed by atoms with E-state index in [-0.39, 0.29) is 6.61 Å². The minimum atomic E-state index is -3.36. The first kappa shape index (κ1) is 11.1. The lowest BCUT2D eigenvalue weighted by molar-refractivity contribution is 0.305. The highest BCUT2D eigenvalue weighted by Crippen LogP contribution is 2.11. The zero-order valence-corrected chi connectivity index (χ0v) is 9.64. The Kier molecular flexibility index (Phi) is 2.93. The molecule has 0 aliphatic rings. The number of hydrogen-bond acceptors (Lipinski definition) is 4. The van der Waals surface area contributed by atoms with Gasteiger partial charge in [0.1, 0.15) is 0 Å². The fourth-order valence-corrected chi connectivity index (χ4v) is 1.85. The first-order chi connectivity index (χ1) is 7.56. The smallest absolute Gasteiger partial charge is 0.264 e. The zero-order chi connectivity index (χ0) is 11.6. The molecule has 0 unspecified atom stereocenters. The normalized spacial score (nSPS) is 12.1. The highest BCUT2D eigenvalue weighted by molar-refractivity contribution is 7.85. The lowest BCUT2D eigenvalue weighted by Crippen LogP contribution is -2.09.